The Bertz CT molecular complexity index is 973. The van der Waals surface area contributed by atoms with Gasteiger partial charge >= 0.3 is 0 Å². The maximum absolute atomic E-state index is 13.7. The van der Waals surface area contributed by atoms with Crippen molar-refractivity contribution in [2.45, 2.75) is 57.2 Å². The van der Waals surface area contributed by atoms with Gasteiger partial charge in [-0.1, -0.05) is 19.3 Å². The maximum Gasteiger partial charge on any atom is 0.271 e. The van der Waals surface area contributed by atoms with Gasteiger partial charge in [0.25, 0.3) is 5.91 Å². The Morgan fingerprint density at radius 1 is 1.09 bits per heavy atom. The summed E-state index contributed by atoms with van der Waals surface area (Å²) in [5.41, 5.74) is 0.452. The third kappa shape index (κ3) is 4.34. The van der Waals surface area contributed by atoms with E-state index in [1.165, 1.54) is 6.42 Å². The van der Waals surface area contributed by atoms with E-state index in [0.717, 1.165) is 51.0 Å². The van der Waals surface area contributed by atoms with Crippen LogP contribution in [0.2, 0.25) is 0 Å². The minimum absolute atomic E-state index is 0.0607. The van der Waals surface area contributed by atoms with Crippen LogP contribution in [0.3, 0.4) is 0 Å². The van der Waals surface area contributed by atoms with Crippen LogP contribution in [0.5, 0.6) is 0 Å². The Hall–Kier alpha value is -2.58. The summed E-state index contributed by atoms with van der Waals surface area (Å²) in [5.74, 6) is 0.536. The van der Waals surface area contributed by atoms with Gasteiger partial charge in [0.15, 0.2) is 0 Å². The first-order valence-electron chi connectivity index (χ1n) is 12.2. The van der Waals surface area contributed by atoms with Crippen molar-refractivity contribution in [2.75, 3.05) is 39.4 Å². The second-order valence-corrected chi connectivity index (χ2v) is 9.66. The van der Waals surface area contributed by atoms with Crippen LogP contribution in [-0.2, 0) is 16.1 Å². The molecule has 0 aromatic carbocycles. The summed E-state index contributed by atoms with van der Waals surface area (Å²) in [6, 6.07) is 7.67. The van der Waals surface area contributed by atoms with Gasteiger partial charge in [0, 0.05) is 32.2 Å². The molecule has 0 bridgehead atoms. The molecule has 2 fully saturated rings. The molecule has 1 unspecified atom stereocenters. The summed E-state index contributed by atoms with van der Waals surface area (Å²) in [7, 11) is 0. The number of ether oxygens (including phenoxy) is 1. The summed E-state index contributed by atoms with van der Waals surface area (Å²) < 4.78 is 13.0. The number of carbonyl (C=O) groups excluding carboxylic acids is 2. The maximum atomic E-state index is 13.7. The highest BCUT2D eigenvalue weighted by molar-refractivity contribution is 6.00. The lowest BCUT2D eigenvalue weighted by molar-refractivity contribution is -0.134. The van der Waals surface area contributed by atoms with Crippen molar-refractivity contribution in [2.24, 2.45) is 0 Å². The molecule has 1 aliphatic carbocycles. The fourth-order valence-electron chi connectivity index (χ4n) is 5.42. The van der Waals surface area contributed by atoms with Gasteiger partial charge in [-0.15, -0.1) is 0 Å². The van der Waals surface area contributed by atoms with Crippen LogP contribution < -0.4 is 5.32 Å². The highest BCUT2D eigenvalue weighted by atomic mass is 16.5. The number of aromatic nitrogens is 1. The Labute approximate surface area is 194 Å². The normalized spacial score (nSPS) is 24.6. The molecule has 178 valence electrons. The highest BCUT2D eigenvalue weighted by Gasteiger charge is 2.48. The standard InChI is InChI=1S/C25H34N4O4/c1-25(24(31)26-19-6-3-2-4-7-19)18-28-20(22-8-5-15-33-22)9-10-21(28)23(30)29(25)12-11-27-13-16-32-17-14-27/h5,8-10,15,19H,2-4,6-7,11-14,16-18H2,1H3,(H,26,31). The SMILES string of the molecule is CC1(C(=O)NC2CCCCC2)Cn2c(ccc2-c2ccco2)C(=O)N1CCN1CCOCC1. The van der Waals surface area contributed by atoms with Gasteiger partial charge in [-0.05, 0) is 44.0 Å². The zero-order chi connectivity index (χ0) is 22.8. The summed E-state index contributed by atoms with van der Waals surface area (Å²) in [6.07, 6.45) is 7.17. The molecule has 2 aliphatic heterocycles. The monoisotopic (exact) mass is 454 g/mol. The third-order valence-corrected chi connectivity index (χ3v) is 7.45. The molecule has 1 saturated heterocycles. The van der Waals surface area contributed by atoms with Gasteiger partial charge in [-0.2, -0.15) is 0 Å². The Balaban J connectivity index is 1.44. The van der Waals surface area contributed by atoms with Crippen LogP contribution in [0.15, 0.2) is 34.9 Å². The Kier molecular flexibility index (Phi) is 6.29. The molecule has 2 aromatic heterocycles. The Morgan fingerprint density at radius 3 is 2.58 bits per heavy atom. The molecule has 2 aromatic rings. The molecule has 2 amide bonds. The minimum Gasteiger partial charge on any atom is -0.463 e. The number of nitrogens with zero attached hydrogens (tertiary/aromatic N) is 3. The molecule has 0 radical (unpaired) electrons. The smallest absolute Gasteiger partial charge is 0.271 e. The van der Waals surface area contributed by atoms with Gasteiger partial charge in [0.2, 0.25) is 5.91 Å². The summed E-state index contributed by atoms with van der Waals surface area (Å²) in [4.78, 5) is 31.6. The van der Waals surface area contributed by atoms with E-state index >= 15 is 0 Å². The third-order valence-electron chi connectivity index (χ3n) is 7.45. The fraction of sp³-hybridized carbons (Fsp3) is 0.600. The van der Waals surface area contributed by atoms with Crippen molar-refractivity contribution in [1.82, 2.24) is 19.7 Å². The number of furan rings is 1. The van der Waals surface area contributed by atoms with Gasteiger partial charge in [-0.25, -0.2) is 0 Å². The average Bonchev–Trinajstić information content (AvgIpc) is 3.50. The van der Waals surface area contributed by atoms with Crippen molar-refractivity contribution < 1.29 is 18.7 Å². The van der Waals surface area contributed by atoms with Crippen LogP contribution in [0.1, 0.15) is 49.5 Å². The second kappa shape index (κ2) is 9.35. The lowest BCUT2D eigenvalue weighted by Crippen LogP contribution is -2.66. The molecule has 1 atom stereocenters. The molecular formula is C25H34N4O4. The first kappa shape index (κ1) is 22.2. The van der Waals surface area contributed by atoms with Crippen molar-refractivity contribution in [3.63, 3.8) is 0 Å². The topological polar surface area (TPSA) is 80.0 Å². The van der Waals surface area contributed by atoms with Crippen LogP contribution in [-0.4, -0.2) is 77.2 Å². The van der Waals surface area contributed by atoms with E-state index in [-0.39, 0.29) is 17.9 Å². The van der Waals surface area contributed by atoms with Gasteiger partial charge < -0.3 is 23.9 Å². The lowest BCUT2D eigenvalue weighted by atomic mass is 9.91. The largest absolute Gasteiger partial charge is 0.463 e. The Morgan fingerprint density at radius 2 is 1.85 bits per heavy atom. The van der Waals surface area contributed by atoms with Gasteiger partial charge in [0.05, 0.1) is 31.7 Å². The zero-order valence-corrected chi connectivity index (χ0v) is 19.4. The lowest BCUT2D eigenvalue weighted by Gasteiger charge is -2.45. The first-order valence-corrected chi connectivity index (χ1v) is 12.2. The zero-order valence-electron chi connectivity index (χ0n) is 19.4. The van der Waals surface area contributed by atoms with Crippen molar-refractivity contribution in [3.05, 3.63) is 36.2 Å². The van der Waals surface area contributed by atoms with Gasteiger partial charge in [-0.3, -0.25) is 14.5 Å². The predicted octanol–water partition coefficient (Wildman–Crippen LogP) is 2.74. The number of rotatable bonds is 6. The molecule has 1 N–H and O–H groups in total. The first-order chi connectivity index (χ1) is 16.1. The average molecular weight is 455 g/mol. The van der Waals surface area contributed by atoms with Crippen molar-refractivity contribution in [1.29, 1.82) is 0 Å². The van der Waals surface area contributed by atoms with E-state index in [9.17, 15) is 9.59 Å². The molecule has 5 rings (SSSR count). The molecule has 8 heteroatoms. The van der Waals surface area contributed by atoms with Crippen LogP contribution in [0.4, 0.5) is 0 Å². The number of morpholine rings is 1. The number of hydrogen-bond acceptors (Lipinski definition) is 5. The highest BCUT2D eigenvalue weighted by Crippen LogP contribution is 2.33. The minimum atomic E-state index is -0.978. The number of carbonyl (C=O) groups is 2. The number of amides is 2. The number of hydrogen-bond donors (Lipinski definition) is 1. The van der Waals surface area contributed by atoms with Crippen LogP contribution in [0, 0.1) is 0 Å². The fourth-order valence-corrected chi connectivity index (χ4v) is 5.42. The predicted molar refractivity (Wildman–Crippen MR) is 124 cm³/mol. The quantitative estimate of drug-likeness (QED) is 0.726. The van der Waals surface area contributed by atoms with E-state index in [0.29, 0.717) is 37.8 Å². The molecule has 1 saturated carbocycles. The molecule has 4 heterocycles. The number of nitrogens with one attached hydrogen (secondary N) is 1. The van der Waals surface area contributed by atoms with E-state index in [1.54, 1.807) is 11.2 Å². The van der Waals surface area contributed by atoms with E-state index in [4.69, 9.17) is 9.15 Å². The van der Waals surface area contributed by atoms with Crippen LogP contribution >= 0.6 is 0 Å². The molecule has 0 spiro atoms. The van der Waals surface area contributed by atoms with E-state index < -0.39 is 5.54 Å². The summed E-state index contributed by atoms with van der Waals surface area (Å²) in [6.45, 7) is 6.68. The van der Waals surface area contributed by atoms with E-state index in [2.05, 4.69) is 10.2 Å². The van der Waals surface area contributed by atoms with E-state index in [1.807, 2.05) is 35.8 Å². The summed E-state index contributed by atoms with van der Waals surface area (Å²) in [5, 5.41) is 3.29. The van der Waals surface area contributed by atoms with Crippen molar-refractivity contribution >= 4 is 11.8 Å². The van der Waals surface area contributed by atoms with Gasteiger partial charge in [0.1, 0.15) is 17.0 Å². The van der Waals surface area contributed by atoms with Crippen LogP contribution in [0.25, 0.3) is 11.5 Å². The van der Waals surface area contributed by atoms with Crippen molar-refractivity contribution in [3.8, 4) is 11.5 Å². The number of fused-ring (bicyclic) bond motifs is 1. The molecular weight excluding hydrogens is 420 g/mol. The molecule has 33 heavy (non-hydrogen) atoms. The molecule has 3 aliphatic rings. The summed E-state index contributed by atoms with van der Waals surface area (Å²) >= 11 is 0. The molecule has 8 nitrogen and oxygen atoms in total. The second-order valence-electron chi connectivity index (χ2n) is 9.66.